The summed E-state index contributed by atoms with van der Waals surface area (Å²) in [4.78, 5) is 4.63. The van der Waals surface area contributed by atoms with Crippen LogP contribution < -0.4 is 5.32 Å². The standard InChI is InChI=1S/C14H20N2S/c1-4-6-11(5-2)15-14-16-12-8-7-10(3)9-13(12)17-14/h7-9,11H,4-6H2,1-3H3,(H,15,16). The number of hydrogen-bond donors (Lipinski definition) is 1. The van der Waals surface area contributed by atoms with E-state index in [1.807, 2.05) is 0 Å². The fourth-order valence-corrected chi connectivity index (χ4v) is 3.04. The molecule has 0 aliphatic rings. The first-order chi connectivity index (χ1) is 8.22. The highest BCUT2D eigenvalue weighted by Crippen LogP contribution is 2.27. The number of aromatic nitrogens is 1. The minimum atomic E-state index is 0.557. The Balaban J connectivity index is 2.18. The molecule has 0 radical (unpaired) electrons. The second-order valence-corrected chi connectivity index (χ2v) is 5.56. The molecule has 1 aromatic carbocycles. The smallest absolute Gasteiger partial charge is 0.184 e. The summed E-state index contributed by atoms with van der Waals surface area (Å²) in [5, 5.41) is 4.61. The average Bonchev–Trinajstić information content (AvgIpc) is 2.69. The van der Waals surface area contributed by atoms with Gasteiger partial charge in [-0.25, -0.2) is 4.98 Å². The summed E-state index contributed by atoms with van der Waals surface area (Å²) >= 11 is 1.76. The Bertz CT molecular complexity index is 490. The first-order valence-electron chi connectivity index (χ1n) is 6.36. The van der Waals surface area contributed by atoms with Crippen LogP contribution in [0.15, 0.2) is 18.2 Å². The van der Waals surface area contributed by atoms with E-state index in [0.717, 1.165) is 17.1 Å². The van der Waals surface area contributed by atoms with Crippen LogP contribution in [0.25, 0.3) is 10.2 Å². The van der Waals surface area contributed by atoms with Gasteiger partial charge in [0, 0.05) is 6.04 Å². The minimum Gasteiger partial charge on any atom is -0.359 e. The minimum absolute atomic E-state index is 0.557. The van der Waals surface area contributed by atoms with Gasteiger partial charge in [-0.1, -0.05) is 37.7 Å². The van der Waals surface area contributed by atoms with Gasteiger partial charge >= 0.3 is 0 Å². The monoisotopic (exact) mass is 248 g/mol. The van der Waals surface area contributed by atoms with Gasteiger partial charge in [-0.15, -0.1) is 0 Å². The molecule has 0 aliphatic heterocycles. The highest BCUT2D eigenvalue weighted by atomic mass is 32.1. The normalized spacial score (nSPS) is 12.9. The van der Waals surface area contributed by atoms with Gasteiger partial charge in [0.05, 0.1) is 10.2 Å². The van der Waals surface area contributed by atoms with E-state index in [0.29, 0.717) is 6.04 Å². The van der Waals surface area contributed by atoms with Crippen molar-refractivity contribution < 1.29 is 0 Å². The van der Waals surface area contributed by atoms with Crippen molar-refractivity contribution in [2.45, 2.75) is 46.1 Å². The maximum absolute atomic E-state index is 4.63. The number of nitrogens with zero attached hydrogens (tertiary/aromatic N) is 1. The van der Waals surface area contributed by atoms with Crippen LogP contribution in [0.1, 0.15) is 38.7 Å². The van der Waals surface area contributed by atoms with Crippen LogP contribution in [0.4, 0.5) is 5.13 Å². The molecule has 0 amide bonds. The van der Waals surface area contributed by atoms with E-state index in [1.54, 1.807) is 11.3 Å². The average molecular weight is 248 g/mol. The molecule has 1 aromatic heterocycles. The Morgan fingerprint density at radius 2 is 2.18 bits per heavy atom. The molecule has 1 atom stereocenters. The molecule has 0 aliphatic carbocycles. The SMILES string of the molecule is CCCC(CC)Nc1nc2ccc(C)cc2s1. The maximum atomic E-state index is 4.63. The molecule has 2 nitrogen and oxygen atoms in total. The van der Waals surface area contributed by atoms with E-state index >= 15 is 0 Å². The van der Waals surface area contributed by atoms with Crippen molar-refractivity contribution >= 4 is 26.7 Å². The lowest BCUT2D eigenvalue weighted by molar-refractivity contribution is 0.622. The summed E-state index contributed by atoms with van der Waals surface area (Å²) in [5.74, 6) is 0. The molecule has 0 saturated heterocycles. The second kappa shape index (κ2) is 5.50. The summed E-state index contributed by atoms with van der Waals surface area (Å²) in [6.45, 7) is 6.58. The van der Waals surface area contributed by atoms with Gasteiger partial charge in [0.15, 0.2) is 5.13 Å². The van der Waals surface area contributed by atoms with E-state index in [4.69, 9.17) is 0 Å². The van der Waals surface area contributed by atoms with E-state index in [9.17, 15) is 0 Å². The fourth-order valence-electron chi connectivity index (χ4n) is 2.00. The molecule has 2 aromatic rings. The number of benzene rings is 1. The second-order valence-electron chi connectivity index (χ2n) is 4.53. The third-order valence-electron chi connectivity index (χ3n) is 3.00. The summed E-state index contributed by atoms with van der Waals surface area (Å²) in [5.41, 5.74) is 2.41. The highest BCUT2D eigenvalue weighted by Gasteiger charge is 2.08. The molecule has 0 saturated carbocycles. The molecule has 92 valence electrons. The van der Waals surface area contributed by atoms with Gasteiger partial charge < -0.3 is 5.32 Å². The van der Waals surface area contributed by atoms with Gasteiger partial charge in [0.2, 0.25) is 0 Å². The zero-order chi connectivity index (χ0) is 12.3. The molecular weight excluding hydrogens is 228 g/mol. The number of fused-ring (bicyclic) bond motifs is 1. The van der Waals surface area contributed by atoms with E-state index in [1.165, 1.54) is 23.1 Å². The summed E-state index contributed by atoms with van der Waals surface area (Å²) in [6.07, 6.45) is 3.59. The molecule has 1 unspecified atom stereocenters. The summed E-state index contributed by atoms with van der Waals surface area (Å²) in [7, 11) is 0. The number of rotatable bonds is 5. The van der Waals surface area contributed by atoms with Crippen LogP contribution in [0.2, 0.25) is 0 Å². The van der Waals surface area contributed by atoms with E-state index < -0.39 is 0 Å². The topological polar surface area (TPSA) is 24.9 Å². The molecule has 0 bridgehead atoms. The Labute approximate surface area is 107 Å². The fraction of sp³-hybridized carbons (Fsp3) is 0.500. The lowest BCUT2D eigenvalue weighted by atomic mass is 10.1. The van der Waals surface area contributed by atoms with Gasteiger partial charge in [-0.2, -0.15) is 0 Å². The quantitative estimate of drug-likeness (QED) is 0.836. The van der Waals surface area contributed by atoms with Crippen LogP contribution >= 0.6 is 11.3 Å². The maximum Gasteiger partial charge on any atom is 0.184 e. The molecule has 0 fully saturated rings. The zero-order valence-corrected chi connectivity index (χ0v) is 11.6. The lowest BCUT2D eigenvalue weighted by Crippen LogP contribution is -2.17. The van der Waals surface area contributed by atoms with Crippen molar-refractivity contribution in [1.82, 2.24) is 4.98 Å². The summed E-state index contributed by atoms with van der Waals surface area (Å²) in [6, 6.07) is 6.99. The van der Waals surface area contributed by atoms with Crippen molar-refractivity contribution in [3.63, 3.8) is 0 Å². The number of hydrogen-bond acceptors (Lipinski definition) is 3. The van der Waals surface area contributed by atoms with Crippen molar-refractivity contribution in [1.29, 1.82) is 0 Å². The molecule has 0 spiro atoms. The van der Waals surface area contributed by atoms with Gasteiger partial charge in [0.25, 0.3) is 0 Å². The third kappa shape index (κ3) is 2.97. The third-order valence-corrected chi connectivity index (χ3v) is 3.95. The predicted molar refractivity (Wildman–Crippen MR) is 77.0 cm³/mol. The molecule has 1 N–H and O–H groups in total. The number of nitrogens with one attached hydrogen (secondary N) is 1. The molecule has 2 rings (SSSR count). The molecule has 1 heterocycles. The number of thiazole rings is 1. The van der Waals surface area contributed by atoms with Crippen LogP contribution in [-0.2, 0) is 0 Å². The first-order valence-corrected chi connectivity index (χ1v) is 7.18. The molecular formula is C14H20N2S. The highest BCUT2D eigenvalue weighted by molar-refractivity contribution is 7.22. The lowest BCUT2D eigenvalue weighted by Gasteiger charge is -2.14. The van der Waals surface area contributed by atoms with Crippen LogP contribution in [0, 0.1) is 6.92 Å². The van der Waals surface area contributed by atoms with Crippen LogP contribution in [-0.4, -0.2) is 11.0 Å². The van der Waals surface area contributed by atoms with Gasteiger partial charge in [0.1, 0.15) is 0 Å². The Morgan fingerprint density at radius 1 is 1.35 bits per heavy atom. The Kier molecular flexibility index (Phi) is 4.00. The van der Waals surface area contributed by atoms with Gasteiger partial charge in [-0.3, -0.25) is 0 Å². The number of aryl methyl sites for hydroxylation is 1. The van der Waals surface area contributed by atoms with E-state index in [-0.39, 0.29) is 0 Å². The van der Waals surface area contributed by atoms with Crippen molar-refractivity contribution in [2.24, 2.45) is 0 Å². The van der Waals surface area contributed by atoms with Crippen molar-refractivity contribution in [3.05, 3.63) is 23.8 Å². The zero-order valence-electron chi connectivity index (χ0n) is 10.8. The predicted octanol–water partition coefficient (Wildman–Crippen LogP) is 4.60. The number of anilines is 1. The molecule has 17 heavy (non-hydrogen) atoms. The van der Waals surface area contributed by atoms with Crippen LogP contribution in [0.3, 0.4) is 0 Å². The first kappa shape index (κ1) is 12.4. The summed E-state index contributed by atoms with van der Waals surface area (Å²) < 4.78 is 1.28. The Hall–Kier alpha value is -1.09. The van der Waals surface area contributed by atoms with E-state index in [2.05, 4.69) is 49.3 Å². The van der Waals surface area contributed by atoms with Gasteiger partial charge in [-0.05, 0) is 37.5 Å². The van der Waals surface area contributed by atoms with Crippen molar-refractivity contribution in [2.75, 3.05) is 5.32 Å². The Morgan fingerprint density at radius 3 is 2.88 bits per heavy atom. The largest absolute Gasteiger partial charge is 0.359 e. The van der Waals surface area contributed by atoms with Crippen molar-refractivity contribution in [3.8, 4) is 0 Å². The van der Waals surface area contributed by atoms with Crippen LogP contribution in [0.5, 0.6) is 0 Å². The molecule has 3 heteroatoms.